The summed E-state index contributed by atoms with van der Waals surface area (Å²) in [4.78, 5) is 19.1. The number of rotatable bonds is 6. The lowest BCUT2D eigenvalue weighted by atomic mass is 10.3. The molecule has 1 aliphatic heterocycles. The molecule has 0 spiro atoms. The number of morpholine rings is 1. The number of hydrogen-bond acceptors (Lipinski definition) is 7. The fourth-order valence-corrected chi connectivity index (χ4v) is 2.94. The number of carbonyl (C=O) groups excluding carboxylic acids is 1. The largest absolute Gasteiger partial charge is 0.382 e. The molecule has 21 heavy (non-hydrogen) atoms. The minimum Gasteiger partial charge on any atom is -0.382 e. The average Bonchev–Trinajstić information content (AvgIpc) is 2.88. The summed E-state index contributed by atoms with van der Waals surface area (Å²) in [6, 6.07) is -0.0641. The van der Waals surface area contributed by atoms with E-state index < -0.39 is 0 Å². The Bertz CT molecular complexity index is 474. The Labute approximate surface area is 128 Å². The van der Waals surface area contributed by atoms with Crippen LogP contribution < -0.4 is 16.0 Å². The number of hydrogen-bond donors (Lipinski definition) is 2. The topological polar surface area (TPSA) is 89.7 Å². The van der Waals surface area contributed by atoms with Gasteiger partial charge in [0.15, 0.2) is 5.13 Å². The number of amides is 1. The van der Waals surface area contributed by atoms with Crippen LogP contribution >= 0.6 is 11.3 Å². The third-order valence-corrected chi connectivity index (χ3v) is 4.21. The maximum Gasteiger partial charge on any atom is 0.265 e. The van der Waals surface area contributed by atoms with Crippen molar-refractivity contribution in [2.24, 2.45) is 0 Å². The quantitative estimate of drug-likeness (QED) is 0.804. The first-order valence-corrected chi connectivity index (χ1v) is 7.91. The van der Waals surface area contributed by atoms with E-state index in [0.29, 0.717) is 31.3 Å². The Hall–Kier alpha value is -1.38. The van der Waals surface area contributed by atoms with Crippen molar-refractivity contribution in [3.8, 4) is 0 Å². The SMILES string of the molecule is CCOCC(C)NC(=O)c1sc(N2CCOCC2)nc1N. The molecule has 0 aromatic carbocycles. The van der Waals surface area contributed by atoms with Crippen molar-refractivity contribution < 1.29 is 14.3 Å². The van der Waals surface area contributed by atoms with Crippen molar-refractivity contribution in [3.63, 3.8) is 0 Å². The van der Waals surface area contributed by atoms with Crippen LogP contribution in [0.1, 0.15) is 23.5 Å². The second kappa shape index (κ2) is 7.58. The fraction of sp³-hybridized carbons (Fsp3) is 0.692. The van der Waals surface area contributed by atoms with Crippen LogP contribution in [0.4, 0.5) is 10.9 Å². The molecule has 7 nitrogen and oxygen atoms in total. The fourth-order valence-electron chi connectivity index (χ4n) is 2.00. The van der Waals surface area contributed by atoms with Crippen molar-refractivity contribution in [1.29, 1.82) is 0 Å². The molecule has 1 fully saturated rings. The van der Waals surface area contributed by atoms with E-state index in [1.807, 2.05) is 13.8 Å². The van der Waals surface area contributed by atoms with Gasteiger partial charge in [-0.3, -0.25) is 4.79 Å². The Morgan fingerprint density at radius 2 is 2.29 bits per heavy atom. The highest BCUT2D eigenvalue weighted by atomic mass is 32.1. The van der Waals surface area contributed by atoms with E-state index >= 15 is 0 Å². The normalized spacial score (nSPS) is 16.8. The van der Waals surface area contributed by atoms with Crippen LogP contribution in [-0.2, 0) is 9.47 Å². The molecule has 1 aliphatic rings. The first-order chi connectivity index (χ1) is 10.1. The van der Waals surface area contributed by atoms with Gasteiger partial charge < -0.3 is 25.4 Å². The number of nitrogens with two attached hydrogens (primary N) is 1. The Balaban J connectivity index is 1.99. The highest BCUT2D eigenvalue weighted by Gasteiger charge is 2.21. The maximum absolute atomic E-state index is 12.2. The van der Waals surface area contributed by atoms with E-state index in [1.165, 1.54) is 11.3 Å². The summed E-state index contributed by atoms with van der Waals surface area (Å²) in [5.74, 6) is 0.0827. The van der Waals surface area contributed by atoms with Gasteiger partial charge in [-0.25, -0.2) is 4.98 Å². The van der Waals surface area contributed by atoms with Crippen LogP contribution in [0.5, 0.6) is 0 Å². The van der Waals surface area contributed by atoms with Crippen LogP contribution in [0, 0.1) is 0 Å². The third-order valence-electron chi connectivity index (χ3n) is 3.08. The summed E-state index contributed by atoms with van der Waals surface area (Å²) < 4.78 is 10.6. The van der Waals surface area contributed by atoms with Crippen molar-refractivity contribution in [1.82, 2.24) is 10.3 Å². The average molecular weight is 314 g/mol. The number of ether oxygens (including phenoxy) is 2. The smallest absolute Gasteiger partial charge is 0.265 e. The van der Waals surface area contributed by atoms with Gasteiger partial charge in [0.05, 0.1) is 19.8 Å². The minimum absolute atomic E-state index is 0.0641. The monoisotopic (exact) mass is 314 g/mol. The van der Waals surface area contributed by atoms with Crippen LogP contribution in [0.15, 0.2) is 0 Å². The molecule has 1 amide bonds. The molecular weight excluding hydrogens is 292 g/mol. The molecule has 2 heterocycles. The van der Waals surface area contributed by atoms with Gasteiger partial charge in [-0.1, -0.05) is 11.3 Å². The molecule has 1 aromatic heterocycles. The first-order valence-electron chi connectivity index (χ1n) is 7.09. The van der Waals surface area contributed by atoms with Crippen LogP contribution in [0.25, 0.3) is 0 Å². The summed E-state index contributed by atoms with van der Waals surface area (Å²) in [5.41, 5.74) is 5.87. The highest BCUT2D eigenvalue weighted by Crippen LogP contribution is 2.28. The van der Waals surface area contributed by atoms with Gasteiger partial charge in [-0.2, -0.15) is 0 Å². The van der Waals surface area contributed by atoms with Gasteiger partial charge in [0.2, 0.25) is 0 Å². The van der Waals surface area contributed by atoms with Gasteiger partial charge in [-0.05, 0) is 13.8 Å². The van der Waals surface area contributed by atoms with Crippen molar-refractivity contribution in [2.75, 3.05) is 50.2 Å². The van der Waals surface area contributed by atoms with Gasteiger partial charge in [0.25, 0.3) is 5.91 Å². The zero-order valence-electron chi connectivity index (χ0n) is 12.4. The molecule has 2 rings (SSSR count). The molecule has 0 aliphatic carbocycles. The lowest BCUT2D eigenvalue weighted by Gasteiger charge is -2.25. The summed E-state index contributed by atoms with van der Waals surface area (Å²) >= 11 is 1.32. The number of nitrogens with zero attached hydrogens (tertiary/aromatic N) is 2. The zero-order valence-corrected chi connectivity index (χ0v) is 13.2. The van der Waals surface area contributed by atoms with E-state index in [2.05, 4.69) is 15.2 Å². The molecule has 1 saturated heterocycles. The molecule has 0 radical (unpaired) electrons. The summed E-state index contributed by atoms with van der Waals surface area (Å²) in [7, 11) is 0. The number of carbonyl (C=O) groups is 1. The lowest BCUT2D eigenvalue weighted by Crippen LogP contribution is -2.36. The number of aromatic nitrogens is 1. The van der Waals surface area contributed by atoms with E-state index in [4.69, 9.17) is 15.2 Å². The van der Waals surface area contributed by atoms with E-state index in [0.717, 1.165) is 18.2 Å². The Morgan fingerprint density at radius 3 is 2.95 bits per heavy atom. The first kappa shape index (κ1) is 16.0. The van der Waals surface area contributed by atoms with E-state index in [1.54, 1.807) is 0 Å². The van der Waals surface area contributed by atoms with Crippen LogP contribution in [0.2, 0.25) is 0 Å². The van der Waals surface area contributed by atoms with Gasteiger partial charge in [-0.15, -0.1) is 0 Å². The second-order valence-electron chi connectivity index (χ2n) is 4.84. The number of nitrogens with one attached hydrogen (secondary N) is 1. The molecule has 1 unspecified atom stereocenters. The van der Waals surface area contributed by atoms with Crippen molar-refractivity contribution >= 4 is 28.2 Å². The molecule has 8 heteroatoms. The van der Waals surface area contributed by atoms with E-state index in [9.17, 15) is 4.79 Å². The molecule has 1 aromatic rings. The molecule has 0 bridgehead atoms. The Morgan fingerprint density at radius 1 is 1.57 bits per heavy atom. The number of thiazole rings is 1. The molecule has 3 N–H and O–H groups in total. The van der Waals surface area contributed by atoms with Crippen molar-refractivity contribution in [2.45, 2.75) is 19.9 Å². The van der Waals surface area contributed by atoms with Crippen LogP contribution in [0.3, 0.4) is 0 Å². The highest BCUT2D eigenvalue weighted by molar-refractivity contribution is 7.18. The predicted molar refractivity (Wildman–Crippen MR) is 83.0 cm³/mol. The maximum atomic E-state index is 12.2. The second-order valence-corrected chi connectivity index (χ2v) is 5.82. The Kier molecular flexibility index (Phi) is 5.77. The predicted octanol–water partition coefficient (Wildman–Crippen LogP) is 0.717. The minimum atomic E-state index is -0.197. The zero-order chi connectivity index (χ0) is 15.2. The van der Waals surface area contributed by atoms with Gasteiger partial charge in [0.1, 0.15) is 10.7 Å². The lowest BCUT2D eigenvalue weighted by molar-refractivity contribution is 0.0876. The molecular formula is C13H22N4O3S. The summed E-state index contributed by atoms with van der Waals surface area (Å²) in [5, 5.41) is 3.65. The number of nitrogen functional groups attached to an aromatic ring is 1. The number of anilines is 2. The van der Waals surface area contributed by atoms with Crippen molar-refractivity contribution in [3.05, 3.63) is 4.88 Å². The molecule has 1 atom stereocenters. The van der Waals surface area contributed by atoms with Crippen LogP contribution in [-0.4, -0.2) is 56.5 Å². The summed E-state index contributed by atoms with van der Waals surface area (Å²) in [6.07, 6.45) is 0. The summed E-state index contributed by atoms with van der Waals surface area (Å²) in [6.45, 7) is 7.82. The third kappa shape index (κ3) is 4.29. The van der Waals surface area contributed by atoms with Gasteiger partial charge in [0, 0.05) is 25.7 Å². The molecule has 0 saturated carbocycles. The van der Waals surface area contributed by atoms with Gasteiger partial charge >= 0.3 is 0 Å². The standard InChI is InChI=1S/C13H22N4O3S/c1-3-19-8-9(2)15-12(18)10-11(14)16-13(21-10)17-4-6-20-7-5-17/h9H,3-8,14H2,1-2H3,(H,15,18). The van der Waals surface area contributed by atoms with E-state index in [-0.39, 0.29) is 17.8 Å². The molecule has 118 valence electrons.